The molecule has 1 aromatic carbocycles. The monoisotopic (exact) mass is 440 g/mol. The van der Waals surface area contributed by atoms with E-state index < -0.39 is 0 Å². The molecule has 2 aromatic heterocycles. The van der Waals surface area contributed by atoms with E-state index in [4.69, 9.17) is 16.3 Å². The Morgan fingerprint density at radius 1 is 1.16 bits per heavy atom. The number of rotatable bonds is 6. The van der Waals surface area contributed by atoms with Gasteiger partial charge in [0.15, 0.2) is 5.69 Å². The normalized spacial score (nSPS) is 19.2. The first-order valence-electron chi connectivity index (χ1n) is 10.8. The zero-order valence-corrected chi connectivity index (χ0v) is 19.0. The molecule has 0 radical (unpaired) electrons. The summed E-state index contributed by atoms with van der Waals surface area (Å²) in [7, 11) is 0. The van der Waals surface area contributed by atoms with E-state index in [1.165, 1.54) is 11.1 Å². The first-order chi connectivity index (χ1) is 14.9. The minimum Gasteiger partial charge on any atom is -0.372 e. The van der Waals surface area contributed by atoms with Gasteiger partial charge in [0.05, 0.1) is 22.9 Å². The van der Waals surface area contributed by atoms with Gasteiger partial charge >= 0.3 is 0 Å². The summed E-state index contributed by atoms with van der Waals surface area (Å²) in [5.41, 5.74) is 4.57. The molecule has 0 saturated carbocycles. The van der Waals surface area contributed by atoms with Gasteiger partial charge in [-0.3, -0.25) is 4.79 Å². The molecule has 7 heteroatoms. The van der Waals surface area contributed by atoms with E-state index in [1.54, 1.807) is 6.07 Å². The van der Waals surface area contributed by atoms with Crippen LogP contribution in [0.25, 0.3) is 5.65 Å². The Balaban J connectivity index is 1.53. The lowest BCUT2D eigenvalue weighted by Crippen LogP contribution is -2.48. The maximum atomic E-state index is 13.4. The Kier molecular flexibility index (Phi) is 6.60. The van der Waals surface area contributed by atoms with E-state index >= 15 is 0 Å². The molecule has 0 bridgehead atoms. The van der Waals surface area contributed by atoms with Crippen molar-refractivity contribution in [1.82, 2.24) is 19.6 Å². The molecule has 1 aliphatic rings. The quantitative estimate of drug-likeness (QED) is 0.591. The molecule has 0 aliphatic carbocycles. The fraction of sp³-hybridized carbons (Fsp3) is 0.417. The van der Waals surface area contributed by atoms with Crippen molar-refractivity contribution in [2.45, 2.75) is 45.9 Å². The summed E-state index contributed by atoms with van der Waals surface area (Å²) in [6.45, 7) is 8.54. The number of pyridine rings is 1. The summed E-state index contributed by atoms with van der Waals surface area (Å²) >= 11 is 6.24. The van der Waals surface area contributed by atoms with Gasteiger partial charge in [0, 0.05) is 25.8 Å². The summed E-state index contributed by atoms with van der Waals surface area (Å²) < 4.78 is 7.71. The Hall–Kier alpha value is -2.41. The molecule has 164 valence electrons. The fourth-order valence-corrected chi connectivity index (χ4v) is 4.26. The third kappa shape index (κ3) is 5.09. The van der Waals surface area contributed by atoms with Gasteiger partial charge in [-0.05, 0) is 51.4 Å². The lowest BCUT2D eigenvalue weighted by atomic mass is 10.1. The van der Waals surface area contributed by atoms with E-state index in [9.17, 15) is 4.79 Å². The van der Waals surface area contributed by atoms with Crippen molar-refractivity contribution >= 4 is 23.2 Å². The summed E-state index contributed by atoms with van der Waals surface area (Å²) in [5.74, 6) is -0.0582. The van der Waals surface area contributed by atoms with E-state index in [-0.39, 0.29) is 18.1 Å². The predicted octanol–water partition coefficient (Wildman–Crippen LogP) is 3.88. The molecule has 0 spiro atoms. The van der Waals surface area contributed by atoms with Gasteiger partial charge in [0.1, 0.15) is 5.65 Å². The smallest absolute Gasteiger partial charge is 0.274 e. The van der Waals surface area contributed by atoms with Crippen molar-refractivity contribution < 1.29 is 9.53 Å². The molecule has 1 amide bonds. The highest BCUT2D eigenvalue weighted by molar-refractivity contribution is 6.30. The summed E-state index contributed by atoms with van der Waals surface area (Å²) in [6.07, 6.45) is 2.76. The van der Waals surface area contributed by atoms with E-state index in [0.717, 1.165) is 24.3 Å². The van der Waals surface area contributed by atoms with Crippen LogP contribution in [0.3, 0.4) is 0 Å². The highest BCUT2D eigenvalue weighted by Crippen LogP contribution is 2.20. The average Bonchev–Trinajstić information content (AvgIpc) is 3.09. The van der Waals surface area contributed by atoms with Crippen LogP contribution in [0.2, 0.25) is 5.02 Å². The van der Waals surface area contributed by atoms with Crippen LogP contribution in [-0.2, 0) is 17.7 Å². The number of imidazole rings is 1. The maximum absolute atomic E-state index is 13.4. The van der Waals surface area contributed by atoms with Gasteiger partial charge < -0.3 is 19.4 Å². The molecule has 1 N–H and O–H groups in total. The van der Waals surface area contributed by atoms with Crippen LogP contribution < -0.4 is 5.32 Å². The third-order valence-corrected chi connectivity index (χ3v) is 5.82. The van der Waals surface area contributed by atoms with Crippen LogP contribution in [0.5, 0.6) is 0 Å². The van der Waals surface area contributed by atoms with Crippen molar-refractivity contribution in [3.05, 3.63) is 70.1 Å². The number of hydrogen-bond acceptors (Lipinski definition) is 4. The number of aryl methyl sites for hydroxylation is 1. The largest absolute Gasteiger partial charge is 0.372 e. The number of nitrogens with one attached hydrogen (secondary N) is 1. The number of ether oxygens (including phenoxy) is 1. The van der Waals surface area contributed by atoms with Gasteiger partial charge in [0.2, 0.25) is 0 Å². The van der Waals surface area contributed by atoms with E-state index in [1.807, 2.05) is 35.4 Å². The van der Waals surface area contributed by atoms with Gasteiger partial charge in [-0.25, -0.2) is 4.98 Å². The number of aromatic nitrogens is 2. The van der Waals surface area contributed by atoms with Crippen molar-refractivity contribution in [3.63, 3.8) is 0 Å². The molecular formula is C24H29ClN4O2. The van der Waals surface area contributed by atoms with Crippen LogP contribution in [0.4, 0.5) is 0 Å². The first kappa shape index (κ1) is 21.8. The number of carbonyl (C=O) groups is 1. The van der Waals surface area contributed by atoms with Crippen molar-refractivity contribution in [2.75, 3.05) is 19.6 Å². The number of benzene rings is 1. The average molecular weight is 441 g/mol. The Morgan fingerprint density at radius 2 is 1.87 bits per heavy atom. The highest BCUT2D eigenvalue weighted by atomic mass is 35.5. The zero-order chi connectivity index (χ0) is 22.0. The molecule has 1 saturated heterocycles. The van der Waals surface area contributed by atoms with Gasteiger partial charge in [-0.15, -0.1) is 0 Å². The lowest BCUT2D eigenvalue weighted by Gasteiger charge is -2.35. The summed E-state index contributed by atoms with van der Waals surface area (Å²) in [6, 6.07) is 12.2. The SMILES string of the molecule is Cc1ccc(CCNCc2c(C(=O)N3C[C@@H](C)O[C@@H](C)C3)nc3ccc(Cl)cn23)cc1. The van der Waals surface area contributed by atoms with Crippen molar-refractivity contribution in [3.8, 4) is 0 Å². The third-order valence-electron chi connectivity index (χ3n) is 5.59. The van der Waals surface area contributed by atoms with Gasteiger partial charge in [-0.1, -0.05) is 41.4 Å². The van der Waals surface area contributed by atoms with Gasteiger partial charge in [-0.2, -0.15) is 0 Å². The molecule has 1 fully saturated rings. The summed E-state index contributed by atoms with van der Waals surface area (Å²) in [5, 5.41) is 4.09. The van der Waals surface area contributed by atoms with Crippen LogP contribution in [0, 0.1) is 6.92 Å². The Labute approximate surface area is 188 Å². The number of hydrogen-bond donors (Lipinski definition) is 1. The minimum absolute atomic E-state index is 0.00950. The number of halogens is 1. The highest BCUT2D eigenvalue weighted by Gasteiger charge is 2.30. The van der Waals surface area contributed by atoms with Crippen molar-refractivity contribution in [1.29, 1.82) is 0 Å². The van der Waals surface area contributed by atoms with E-state index in [0.29, 0.717) is 30.4 Å². The number of amides is 1. The second-order valence-corrected chi connectivity index (χ2v) is 8.80. The maximum Gasteiger partial charge on any atom is 0.274 e. The Bertz CT molecular complexity index is 1050. The molecule has 3 heterocycles. The summed E-state index contributed by atoms with van der Waals surface area (Å²) in [4.78, 5) is 19.9. The molecule has 6 nitrogen and oxygen atoms in total. The molecular weight excluding hydrogens is 412 g/mol. The van der Waals surface area contributed by atoms with Crippen molar-refractivity contribution in [2.24, 2.45) is 0 Å². The van der Waals surface area contributed by atoms with Crippen LogP contribution >= 0.6 is 11.6 Å². The van der Waals surface area contributed by atoms with E-state index in [2.05, 4.69) is 41.5 Å². The minimum atomic E-state index is -0.0582. The number of carbonyl (C=O) groups excluding carboxylic acids is 1. The standard InChI is InChI=1S/C24H29ClN4O2/c1-16-4-6-19(7-5-16)10-11-26-12-21-23(27-22-9-8-20(25)15-29(21)22)24(30)28-13-17(2)31-18(3)14-28/h4-9,15,17-18,26H,10-14H2,1-3H3/t17-,18+. The number of fused-ring (bicyclic) bond motifs is 1. The number of morpholine rings is 1. The van der Waals surface area contributed by atoms with Gasteiger partial charge in [0.25, 0.3) is 5.91 Å². The predicted molar refractivity (Wildman–Crippen MR) is 123 cm³/mol. The second-order valence-electron chi connectivity index (χ2n) is 8.36. The zero-order valence-electron chi connectivity index (χ0n) is 18.3. The topological polar surface area (TPSA) is 58.9 Å². The van der Waals surface area contributed by atoms with Crippen LogP contribution in [0.15, 0.2) is 42.6 Å². The molecule has 2 atom stereocenters. The lowest BCUT2D eigenvalue weighted by molar-refractivity contribution is -0.0587. The molecule has 0 unspecified atom stereocenters. The molecule has 1 aliphatic heterocycles. The Morgan fingerprint density at radius 3 is 2.58 bits per heavy atom. The molecule has 3 aromatic rings. The molecule has 4 rings (SSSR count). The first-order valence-corrected chi connectivity index (χ1v) is 11.2. The number of nitrogens with zero attached hydrogens (tertiary/aromatic N) is 3. The second kappa shape index (κ2) is 9.39. The van der Waals surface area contributed by atoms with Crippen LogP contribution in [-0.4, -0.2) is 52.0 Å². The fourth-order valence-electron chi connectivity index (χ4n) is 4.10. The van der Waals surface area contributed by atoms with Crippen LogP contribution in [0.1, 0.15) is 41.2 Å². The molecule has 31 heavy (non-hydrogen) atoms.